The predicted molar refractivity (Wildman–Crippen MR) is 75.0 cm³/mol. The van der Waals surface area contributed by atoms with E-state index in [9.17, 15) is 4.79 Å². The summed E-state index contributed by atoms with van der Waals surface area (Å²) in [6.45, 7) is 2.06. The maximum atomic E-state index is 12.0. The highest BCUT2D eigenvalue weighted by molar-refractivity contribution is 5.82. The molecule has 0 amide bonds. The number of pyridine rings is 1. The lowest BCUT2D eigenvalue weighted by molar-refractivity contribution is -0.119. The summed E-state index contributed by atoms with van der Waals surface area (Å²) in [4.78, 5) is 19.4. The number of carbonyl (C=O) groups excluding carboxylic acids is 1. The Morgan fingerprint density at radius 3 is 3.21 bits per heavy atom. The van der Waals surface area contributed by atoms with E-state index in [1.54, 1.807) is 6.20 Å². The van der Waals surface area contributed by atoms with Crippen molar-refractivity contribution in [2.24, 2.45) is 5.92 Å². The van der Waals surface area contributed by atoms with Crippen LogP contribution in [-0.2, 0) is 11.2 Å². The van der Waals surface area contributed by atoms with E-state index in [-0.39, 0.29) is 0 Å². The molecule has 0 spiro atoms. The molecule has 1 saturated heterocycles. The molecule has 1 atom stereocenters. The Bertz CT molecular complexity index is 570. The first-order chi connectivity index (χ1) is 9.33. The van der Waals surface area contributed by atoms with E-state index >= 15 is 0 Å². The fourth-order valence-corrected chi connectivity index (χ4v) is 2.82. The molecule has 4 nitrogen and oxygen atoms in total. The molecule has 100 valence electrons. The van der Waals surface area contributed by atoms with Crippen molar-refractivity contribution in [1.29, 1.82) is 0 Å². The second-order valence-electron chi connectivity index (χ2n) is 5.31. The van der Waals surface area contributed by atoms with Gasteiger partial charge in [0.2, 0.25) is 0 Å². The van der Waals surface area contributed by atoms with Crippen LogP contribution in [0.4, 0.5) is 0 Å². The van der Waals surface area contributed by atoms with Crippen molar-refractivity contribution >= 4 is 16.8 Å². The summed E-state index contributed by atoms with van der Waals surface area (Å²) in [5.41, 5.74) is 2.12. The van der Waals surface area contributed by atoms with Crippen LogP contribution in [0.25, 0.3) is 11.0 Å². The van der Waals surface area contributed by atoms with Crippen LogP contribution < -0.4 is 5.32 Å². The number of fused-ring (bicyclic) bond motifs is 1. The number of hydrogen-bond acceptors (Lipinski definition) is 3. The molecular weight excluding hydrogens is 238 g/mol. The number of nitrogens with zero attached hydrogens (tertiary/aromatic N) is 1. The van der Waals surface area contributed by atoms with Gasteiger partial charge in [0.15, 0.2) is 0 Å². The van der Waals surface area contributed by atoms with Crippen molar-refractivity contribution in [2.45, 2.75) is 25.7 Å². The monoisotopic (exact) mass is 257 g/mol. The van der Waals surface area contributed by atoms with Crippen LogP contribution in [0.2, 0.25) is 0 Å². The highest BCUT2D eigenvalue weighted by atomic mass is 16.1. The van der Waals surface area contributed by atoms with Gasteiger partial charge in [0.05, 0.1) is 0 Å². The highest BCUT2D eigenvalue weighted by Gasteiger charge is 2.17. The number of aromatic amines is 1. The van der Waals surface area contributed by atoms with E-state index in [4.69, 9.17) is 0 Å². The van der Waals surface area contributed by atoms with E-state index in [1.165, 1.54) is 5.56 Å². The van der Waals surface area contributed by atoms with Crippen LogP contribution in [0.5, 0.6) is 0 Å². The number of ketones is 1. The number of nitrogens with one attached hydrogen (secondary N) is 2. The highest BCUT2D eigenvalue weighted by Crippen LogP contribution is 2.18. The summed E-state index contributed by atoms with van der Waals surface area (Å²) < 4.78 is 0. The lowest BCUT2D eigenvalue weighted by Gasteiger charge is -2.07. The maximum absolute atomic E-state index is 12.0. The topological polar surface area (TPSA) is 57.8 Å². The number of Topliss-reactive ketones (excluding diaryl/α,β-unsaturated/α-hetero) is 1. The van der Waals surface area contributed by atoms with Crippen LogP contribution in [0.1, 0.15) is 24.8 Å². The minimum atomic E-state index is 0.384. The molecule has 1 fully saturated rings. The van der Waals surface area contributed by atoms with Gasteiger partial charge < -0.3 is 10.3 Å². The van der Waals surface area contributed by atoms with Crippen LogP contribution in [0.3, 0.4) is 0 Å². The third-order valence-electron chi connectivity index (χ3n) is 3.90. The number of H-pyrrole nitrogens is 1. The molecule has 1 aliphatic heterocycles. The Morgan fingerprint density at radius 2 is 2.37 bits per heavy atom. The Morgan fingerprint density at radius 1 is 1.42 bits per heavy atom. The second-order valence-corrected chi connectivity index (χ2v) is 5.31. The molecule has 4 heteroatoms. The maximum Gasteiger partial charge on any atom is 0.137 e. The van der Waals surface area contributed by atoms with E-state index in [2.05, 4.69) is 15.3 Å². The van der Waals surface area contributed by atoms with Crippen LogP contribution in [0, 0.1) is 5.92 Å². The Kier molecular flexibility index (Phi) is 3.60. The summed E-state index contributed by atoms with van der Waals surface area (Å²) >= 11 is 0. The number of aromatic nitrogens is 2. The molecule has 19 heavy (non-hydrogen) atoms. The van der Waals surface area contributed by atoms with E-state index in [0.717, 1.165) is 43.4 Å². The minimum absolute atomic E-state index is 0.384. The molecule has 0 aliphatic carbocycles. The predicted octanol–water partition coefficient (Wildman–Crippen LogP) is 2.06. The fourth-order valence-electron chi connectivity index (χ4n) is 2.82. The molecule has 2 aromatic rings. The standard InChI is InChI=1S/C15H19N3O/c19-13(9-11-3-6-16-10-11)2-1-12-4-7-17-15-14(12)5-8-18-15/h4-5,7-8,11,16H,1-3,6,9-10H2,(H,17,18). The molecular formula is C15H19N3O. The van der Waals surface area contributed by atoms with Crippen molar-refractivity contribution in [1.82, 2.24) is 15.3 Å². The van der Waals surface area contributed by atoms with E-state index in [1.807, 2.05) is 18.3 Å². The molecule has 1 aliphatic rings. The zero-order valence-corrected chi connectivity index (χ0v) is 11.0. The number of rotatable bonds is 5. The van der Waals surface area contributed by atoms with Gasteiger partial charge in [-0.25, -0.2) is 4.98 Å². The van der Waals surface area contributed by atoms with Crippen molar-refractivity contribution in [3.05, 3.63) is 30.1 Å². The summed E-state index contributed by atoms with van der Waals surface area (Å²) in [5, 5.41) is 4.44. The molecule has 1 unspecified atom stereocenters. The summed E-state index contributed by atoms with van der Waals surface area (Å²) in [7, 11) is 0. The summed E-state index contributed by atoms with van der Waals surface area (Å²) in [6.07, 6.45) is 7.03. The largest absolute Gasteiger partial charge is 0.346 e. The van der Waals surface area contributed by atoms with Crippen LogP contribution in [-0.4, -0.2) is 28.8 Å². The van der Waals surface area contributed by atoms with Gasteiger partial charge in [-0.05, 0) is 49.5 Å². The first-order valence-corrected chi connectivity index (χ1v) is 6.96. The number of aryl methyl sites for hydroxylation is 1. The van der Waals surface area contributed by atoms with Gasteiger partial charge in [-0.2, -0.15) is 0 Å². The molecule has 3 heterocycles. The summed E-state index contributed by atoms with van der Waals surface area (Å²) in [5.74, 6) is 0.936. The van der Waals surface area contributed by atoms with Gasteiger partial charge in [0.25, 0.3) is 0 Å². The zero-order chi connectivity index (χ0) is 13.1. The second kappa shape index (κ2) is 5.53. The van der Waals surface area contributed by atoms with E-state index < -0.39 is 0 Å². The molecule has 0 saturated carbocycles. The lowest BCUT2D eigenvalue weighted by Crippen LogP contribution is -2.13. The minimum Gasteiger partial charge on any atom is -0.346 e. The Hall–Kier alpha value is -1.68. The third kappa shape index (κ3) is 2.84. The first-order valence-electron chi connectivity index (χ1n) is 6.96. The average Bonchev–Trinajstić information content (AvgIpc) is 3.06. The average molecular weight is 257 g/mol. The summed E-state index contributed by atoms with van der Waals surface area (Å²) in [6, 6.07) is 4.05. The fraction of sp³-hybridized carbons (Fsp3) is 0.467. The molecule has 2 N–H and O–H groups in total. The Labute approximate surface area is 112 Å². The first kappa shape index (κ1) is 12.4. The molecule has 3 rings (SSSR count). The quantitative estimate of drug-likeness (QED) is 0.862. The molecule has 0 aromatic carbocycles. The SMILES string of the molecule is O=C(CCc1ccnc2[nH]ccc12)CC1CCNC1. The van der Waals surface area contributed by atoms with Gasteiger partial charge in [-0.15, -0.1) is 0 Å². The van der Waals surface area contributed by atoms with Crippen LogP contribution in [0.15, 0.2) is 24.5 Å². The molecule has 2 aromatic heterocycles. The van der Waals surface area contributed by atoms with Gasteiger partial charge in [0.1, 0.15) is 11.4 Å². The number of carbonyl (C=O) groups is 1. The zero-order valence-electron chi connectivity index (χ0n) is 11.0. The Balaban J connectivity index is 1.59. The van der Waals surface area contributed by atoms with E-state index in [0.29, 0.717) is 18.1 Å². The van der Waals surface area contributed by atoms with Gasteiger partial charge in [-0.3, -0.25) is 4.79 Å². The molecule has 0 bridgehead atoms. The normalized spacial score (nSPS) is 19.1. The van der Waals surface area contributed by atoms with Crippen molar-refractivity contribution in [2.75, 3.05) is 13.1 Å². The van der Waals surface area contributed by atoms with Gasteiger partial charge >= 0.3 is 0 Å². The third-order valence-corrected chi connectivity index (χ3v) is 3.90. The lowest BCUT2D eigenvalue weighted by atomic mass is 9.97. The van der Waals surface area contributed by atoms with Crippen molar-refractivity contribution in [3.8, 4) is 0 Å². The van der Waals surface area contributed by atoms with Crippen molar-refractivity contribution < 1.29 is 4.79 Å². The smallest absolute Gasteiger partial charge is 0.137 e. The van der Waals surface area contributed by atoms with Gasteiger partial charge in [0, 0.05) is 30.6 Å². The number of hydrogen-bond donors (Lipinski definition) is 2. The van der Waals surface area contributed by atoms with Crippen LogP contribution >= 0.6 is 0 Å². The molecule has 0 radical (unpaired) electrons. The van der Waals surface area contributed by atoms with Gasteiger partial charge in [-0.1, -0.05) is 0 Å². The van der Waals surface area contributed by atoms with Crippen molar-refractivity contribution in [3.63, 3.8) is 0 Å².